The van der Waals surface area contributed by atoms with E-state index < -0.39 is 0 Å². The van der Waals surface area contributed by atoms with Gasteiger partial charge in [-0.1, -0.05) is 0 Å². The molecule has 2 heterocycles. The average molecular weight is 275 g/mol. The van der Waals surface area contributed by atoms with Crippen molar-refractivity contribution in [1.29, 1.82) is 0 Å². The Kier molecular flexibility index (Phi) is 3.76. The third-order valence-electron chi connectivity index (χ3n) is 4.47. The summed E-state index contributed by atoms with van der Waals surface area (Å²) in [5.74, 6) is -0.147. The minimum Gasteiger partial charge on any atom is -0.348 e. The van der Waals surface area contributed by atoms with Gasteiger partial charge in [-0.05, 0) is 37.1 Å². The molecular formula is C16H22FN3. The average Bonchev–Trinajstić information content (AvgIpc) is 2.70. The van der Waals surface area contributed by atoms with Crippen molar-refractivity contribution in [3.05, 3.63) is 35.3 Å². The van der Waals surface area contributed by atoms with Crippen molar-refractivity contribution in [2.45, 2.75) is 13.3 Å². The van der Waals surface area contributed by atoms with Crippen LogP contribution in [-0.4, -0.2) is 42.2 Å². The van der Waals surface area contributed by atoms with E-state index in [1.807, 2.05) is 6.07 Å². The molecule has 3 rings (SSSR count). The van der Waals surface area contributed by atoms with Crippen LogP contribution in [-0.2, 0) is 13.5 Å². The van der Waals surface area contributed by atoms with E-state index >= 15 is 0 Å². The van der Waals surface area contributed by atoms with E-state index in [0.717, 1.165) is 50.0 Å². The molecule has 4 heteroatoms. The smallest absolute Gasteiger partial charge is 0.123 e. The van der Waals surface area contributed by atoms with Gasteiger partial charge in [0.25, 0.3) is 0 Å². The molecular weight excluding hydrogens is 253 g/mol. The van der Waals surface area contributed by atoms with Gasteiger partial charge in [-0.2, -0.15) is 0 Å². The lowest BCUT2D eigenvalue weighted by molar-refractivity contribution is 0.244. The summed E-state index contributed by atoms with van der Waals surface area (Å²) in [4.78, 5) is 2.48. The predicted octanol–water partition coefficient (Wildman–Crippen LogP) is 2.07. The highest BCUT2D eigenvalue weighted by atomic mass is 19.1. The first kappa shape index (κ1) is 13.6. The zero-order valence-corrected chi connectivity index (χ0v) is 12.2. The van der Waals surface area contributed by atoms with Gasteiger partial charge in [-0.15, -0.1) is 0 Å². The standard InChI is InChI=1S/C16H22FN3/c1-12-14(5-8-20-9-6-18-7-10-20)15-11-13(17)3-4-16(15)19(12)2/h3-4,11,18H,5-10H2,1-2H3. The number of aryl methyl sites for hydroxylation is 1. The molecule has 108 valence electrons. The van der Waals surface area contributed by atoms with Crippen molar-refractivity contribution < 1.29 is 4.39 Å². The molecule has 0 bridgehead atoms. The van der Waals surface area contributed by atoms with E-state index in [1.165, 1.54) is 11.3 Å². The van der Waals surface area contributed by atoms with Gasteiger partial charge in [0.05, 0.1) is 0 Å². The van der Waals surface area contributed by atoms with Gasteiger partial charge >= 0.3 is 0 Å². The number of fused-ring (bicyclic) bond motifs is 1. The van der Waals surface area contributed by atoms with Crippen molar-refractivity contribution in [1.82, 2.24) is 14.8 Å². The third kappa shape index (κ3) is 2.45. The van der Waals surface area contributed by atoms with Crippen molar-refractivity contribution in [3.63, 3.8) is 0 Å². The number of aromatic nitrogens is 1. The third-order valence-corrected chi connectivity index (χ3v) is 4.47. The Labute approximate surface area is 119 Å². The van der Waals surface area contributed by atoms with Crippen LogP contribution in [0.15, 0.2) is 18.2 Å². The van der Waals surface area contributed by atoms with E-state index in [9.17, 15) is 4.39 Å². The molecule has 0 atom stereocenters. The maximum atomic E-state index is 13.5. The SMILES string of the molecule is Cc1c(CCN2CCNCC2)c2cc(F)ccc2n1C. The fourth-order valence-electron chi connectivity index (χ4n) is 3.14. The lowest BCUT2D eigenvalue weighted by atomic mass is 10.1. The summed E-state index contributed by atoms with van der Waals surface area (Å²) in [6.45, 7) is 7.55. The Morgan fingerprint density at radius 3 is 2.75 bits per heavy atom. The van der Waals surface area contributed by atoms with Crippen molar-refractivity contribution >= 4 is 10.9 Å². The minimum absolute atomic E-state index is 0.147. The normalized spacial score (nSPS) is 16.9. The van der Waals surface area contributed by atoms with E-state index in [2.05, 4.69) is 28.8 Å². The van der Waals surface area contributed by atoms with Crippen LogP contribution >= 0.6 is 0 Å². The number of benzene rings is 1. The van der Waals surface area contributed by atoms with Gasteiger partial charge in [-0.25, -0.2) is 4.39 Å². The summed E-state index contributed by atoms with van der Waals surface area (Å²) in [7, 11) is 2.06. The van der Waals surface area contributed by atoms with E-state index in [1.54, 1.807) is 12.1 Å². The Bertz CT molecular complexity index is 612. The summed E-state index contributed by atoms with van der Waals surface area (Å²) in [5, 5.41) is 4.44. The van der Waals surface area contributed by atoms with E-state index in [0.29, 0.717) is 0 Å². The van der Waals surface area contributed by atoms with Crippen molar-refractivity contribution in [3.8, 4) is 0 Å². The number of nitrogens with one attached hydrogen (secondary N) is 1. The molecule has 0 amide bonds. The molecule has 0 aliphatic carbocycles. The Hall–Kier alpha value is -1.39. The fourth-order valence-corrected chi connectivity index (χ4v) is 3.14. The second kappa shape index (κ2) is 5.54. The second-order valence-corrected chi connectivity index (χ2v) is 5.63. The first-order valence-electron chi connectivity index (χ1n) is 7.33. The van der Waals surface area contributed by atoms with Crippen LogP contribution in [0.1, 0.15) is 11.3 Å². The topological polar surface area (TPSA) is 20.2 Å². The number of hydrogen-bond acceptors (Lipinski definition) is 2. The highest BCUT2D eigenvalue weighted by Crippen LogP contribution is 2.26. The minimum atomic E-state index is -0.147. The lowest BCUT2D eigenvalue weighted by Gasteiger charge is -2.27. The maximum absolute atomic E-state index is 13.5. The molecule has 20 heavy (non-hydrogen) atoms. The summed E-state index contributed by atoms with van der Waals surface area (Å²) >= 11 is 0. The van der Waals surface area contributed by atoms with Crippen LogP contribution in [0, 0.1) is 12.7 Å². The van der Waals surface area contributed by atoms with Crippen molar-refractivity contribution in [2.24, 2.45) is 7.05 Å². The molecule has 1 aromatic carbocycles. The predicted molar refractivity (Wildman–Crippen MR) is 80.6 cm³/mol. The molecule has 1 N–H and O–H groups in total. The van der Waals surface area contributed by atoms with Crippen LogP contribution in [0.25, 0.3) is 10.9 Å². The molecule has 0 unspecified atom stereocenters. The summed E-state index contributed by atoms with van der Waals surface area (Å²) in [5.41, 5.74) is 3.67. The van der Waals surface area contributed by atoms with Gasteiger partial charge in [0.1, 0.15) is 5.82 Å². The fraction of sp³-hybridized carbons (Fsp3) is 0.500. The number of nitrogens with zero attached hydrogens (tertiary/aromatic N) is 2. The molecule has 1 aliphatic heterocycles. The first-order chi connectivity index (χ1) is 9.66. The van der Waals surface area contributed by atoms with Crippen LogP contribution < -0.4 is 5.32 Å². The molecule has 0 radical (unpaired) electrons. The molecule has 1 aliphatic rings. The maximum Gasteiger partial charge on any atom is 0.123 e. The molecule has 1 aromatic heterocycles. The molecule has 0 spiro atoms. The molecule has 2 aromatic rings. The van der Waals surface area contributed by atoms with Crippen molar-refractivity contribution in [2.75, 3.05) is 32.7 Å². The molecule has 0 saturated carbocycles. The number of hydrogen-bond donors (Lipinski definition) is 1. The van der Waals surface area contributed by atoms with Crippen LogP contribution in [0.5, 0.6) is 0 Å². The summed E-state index contributed by atoms with van der Waals surface area (Å²) in [6, 6.07) is 5.10. The highest BCUT2D eigenvalue weighted by Gasteiger charge is 2.15. The van der Waals surface area contributed by atoms with Gasteiger partial charge in [0.2, 0.25) is 0 Å². The lowest BCUT2D eigenvalue weighted by Crippen LogP contribution is -2.44. The largest absolute Gasteiger partial charge is 0.348 e. The zero-order chi connectivity index (χ0) is 14.1. The van der Waals surface area contributed by atoms with Crippen LogP contribution in [0.4, 0.5) is 4.39 Å². The van der Waals surface area contributed by atoms with Gasteiger partial charge in [-0.3, -0.25) is 0 Å². The number of rotatable bonds is 3. The Balaban J connectivity index is 1.86. The molecule has 1 fully saturated rings. The Morgan fingerprint density at radius 1 is 1.25 bits per heavy atom. The van der Waals surface area contributed by atoms with Gasteiger partial charge in [0.15, 0.2) is 0 Å². The number of piperazine rings is 1. The van der Waals surface area contributed by atoms with E-state index in [-0.39, 0.29) is 5.82 Å². The quantitative estimate of drug-likeness (QED) is 0.925. The molecule has 3 nitrogen and oxygen atoms in total. The second-order valence-electron chi connectivity index (χ2n) is 5.63. The van der Waals surface area contributed by atoms with Crippen LogP contribution in [0.3, 0.4) is 0 Å². The van der Waals surface area contributed by atoms with E-state index in [4.69, 9.17) is 0 Å². The monoisotopic (exact) mass is 275 g/mol. The highest BCUT2D eigenvalue weighted by molar-refractivity contribution is 5.85. The number of halogens is 1. The first-order valence-corrected chi connectivity index (χ1v) is 7.33. The van der Waals surface area contributed by atoms with Crippen LogP contribution in [0.2, 0.25) is 0 Å². The Morgan fingerprint density at radius 2 is 2.00 bits per heavy atom. The summed E-state index contributed by atoms with van der Waals surface area (Å²) in [6.07, 6.45) is 0.993. The molecule has 1 saturated heterocycles. The summed E-state index contributed by atoms with van der Waals surface area (Å²) < 4.78 is 15.7. The van der Waals surface area contributed by atoms with Gasteiger partial charge in [0, 0.05) is 56.4 Å². The van der Waals surface area contributed by atoms with Gasteiger partial charge < -0.3 is 14.8 Å². The zero-order valence-electron chi connectivity index (χ0n) is 12.2.